The zero-order chi connectivity index (χ0) is 11.3. The van der Waals surface area contributed by atoms with Crippen molar-refractivity contribution in [1.29, 1.82) is 5.26 Å². The molecule has 4 heteroatoms. The molecule has 0 spiro atoms. The number of nitriles is 1. The van der Waals surface area contributed by atoms with Crippen LogP contribution in [0.25, 0.3) is 0 Å². The van der Waals surface area contributed by atoms with Crippen molar-refractivity contribution in [2.75, 3.05) is 6.61 Å². The Morgan fingerprint density at radius 3 is 2.93 bits per heavy atom. The van der Waals surface area contributed by atoms with Gasteiger partial charge in [-0.05, 0) is 24.6 Å². The van der Waals surface area contributed by atoms with Gasteiger partial charge in [-0.15, -0.1) is 0 Å². The molecule has 1 aromatic rings. The number of benzene rings is 1. The Morgan fingerprint density at radius 1 is 1.60 bits per heavy atom. The topological polar surface area (TPSA) is 70.3 Å². The second-order valence-electron chi connectivity index (χ2n) is 3.08. The van der Waals surface area contributed by atoms with Gasteiger partial charge in [0, 0.05) is 0 Å². The van der Waals surface area contributed by atoms with E-state index >= 15 is 0 Å². The van der Waals surface area contributed by atoms with Crippen LogP contribution in [-0.2, 0) is 4.79 Å². The highest BCUT2D eigenvalue weighted by molar-refractivity contribution is 5.66. The number of carboxylic acids is 1. The molecule has 0 aliphatic carbocycles. The highest BCUT2D eigenvalue weighted by atomic mass is 16.5. The first kappa shape index (κ1) is 11.1. The van der Waals surface area contributed by atoms with Gasteiger partial charge in [-0.3, -0.25) is 4.79 Å². The van der Waals surface area contributed by atoms with Crippen LogP contribution in [0.2, 0.25) is 0 Å². The maximum atomic E-state index is 10.3. The van der Waals surface area contributed by atoms with E-state index in [-0.39, 0.29) is 13.0 Å². The molecule has 0 unspecified atom stereocenters. The normalized spacial score (nSPS) is 9.33. The molecule has 0 saturated heterocycles. The van der Waals surface area contributed by atoms with Gasteiger partial charge in [0.1, 0.15) is 5.75 Å². The lowest BCUT2D eigenvalue weighted by atomic mass is 10.1. The Morgan fingerprint density at radius 2 is 2.33 bits per heavy atom. The van der Waals surface area contributed by atoms with Gasteiger partial charge in [-0.2, -0.15) is 5.26 Å². The minimum absolute atomic E-state index is 0.0454. The molecule has 0 radical (unpaired) electrons. The van der Waals surface area contributed by atoms with Crippen LogP contribution >= 0.6 is 0 Å². The molecule has 0 saturated carbocycles. The van der Waals surface area contributed by atoms with Gasteiger partial charge in [0.2, 0.25) is 0 Å². The minimum atomic E-state index is -0.899. The number of carbonyl (C=O) groups is 1. The van der Waals surface area contributed by atoms with Gasteiger partial charge >= 0.3 is 5.97 Å². The van der Waals surface area contributed by atoms with Crippen molar-refractivity contribution in [3.05, 3.63) is 29.3 Å². The summed E-state index contributed by atoms with van der Waals surface area (Å²) in [6.45, 7) is 1.96. The van der Waals surface area contributed by atoms with E-state index in [0.717, 1.165) is 5.56 Å². The first-order chi connectivity index (χ1) is 7.13. The quantitative estimate of drug-likeness (QED) is 0.812. The van der Waals surface area contributed by atoms with E-state index in [1.54, 1.807) is 18.2 Å². The van der Waals surface area contributed by atoms with E-state index < -0.39 is 5.97 Å². The van der Waals surface area contributed by atoms with Crippen molar-refractivity contribution < 1.29 is 14.6 Å². The molecular weight excluding hydrogens is 194 g/mol. The number of hydrogen-bond donors (Lipinski definition) is 1. The molecule has 0 aliphatic rings. The molecule has 0 aliphatic heterocycles. The predicted octanol–water partition coefficient (Wildman–Crippen LogP) is 1.72. The standard InChI is InChI=1S/C11H11NO3/c1-8-2-3-9(7-12)6-10(8)15-5-4-11(13)14/h2-3,6H,4-5H2,1H3,(H,13,14). The lowest BCUT2D eigenvalue weighted by Gasteiger charge is -2.07. The molecule has 0 bridgehead atoms. The lowest BCUT2D eigenvalue weighted by molar-refractivity contribution is -0.137. The summed E-state index contributed by atoms with van der Waals surface area (Å²) in [6.07, 6.45) is -0.0454. The fourth-order valence-electron chi connectivity index (χ4n) is 1.07. The number of aryl methyl sites for hydroxylation is 1. The van der Waals surface area contributed by atoms with Crippen LogP contribution < -0.4 is 4.74 Å². The van der Waals surface area contributed by atoms with E-state index in [0.29, 0.717) is 11.3 Å². The second-order valence-corrected chi connectivity index (χ2v) is 3.08. The van der Waals surface area contributed by atoms with Crippen molar-refractivity contribution in [3.8, 4) is 11.8 Å². The minimum Gasteiger partial charge on any atom is -0.493 e. The van der Waals surface area contributed by atoms with E-state index in [1.807, 2.05) is 13.0 Å². The number of hydrogen-bond acceptors (Lipinski definition) is 3. The number of carboxylic acid groups (broad SMARTS) is 1. The molecule has 15 heavy (non-hydrogen) atoms. The monoisotopic (exact) mass is 205 g/mol. The summed E-state index contributed by atoms with van der Waals surface area (Å²) in [5.74, 6) is -0.334. The average Bonchev–Trinajstić information content (AvgIpc) is 2.20. The summed E-state index contributed by atoms with van der Waals surface area (Å²) in [5.41, 5.74) is 1.39. The highest BCUT2D eigenvalue weighted by Crippen LogP contribution is 2.19. The summed E-state index contributed by atoms with van der Waals surface area (Å²) in [7, 11) is 0. The lowest BCUT2D eigenvalue weighted by Crippen LogP contribution is -2.05. The van der Waals surface area contributed by atoms with Crippen molar-refractivity contribution in [2.45, 2.75) is 13.3 Å². The van der Waals surface area contributed by atoms with E-state index in [9.17, 15) is 4.79 Å². The van der Waals surface area contributed by atoms with Crippen LogP contribution in [0.1, 0.15) is 17.5 Å². The fourth-order valence-corrected chi connectivity index (χ4v) is 1.07. The maximum Gasteiger partial charge on any atom is 0.306 e. The zero-order valence-electron chi connectivity index (χ0n) is 8.36. The summed E-state index contributed by atoms with van der Waals surface area (Å²) >= 11 is 0. The van der Waals surface area contributed by atoms with Gasteiger partial charge in [0.15, 0.2) is 0 Å². The molecule has 0 amide bonds. The Bertz CT molecular complexity index is 407. The van der Waals surface area contributed by atoms with Crippen LogP contribution in [-0.4, -0.2) is 17.7 Å². The largest absolute Gasteiger partial charge is 0.493 e. The summed E-state index contributed by atoms with van der Waals surface area (Å²) in [4.78, 5) is 10.3. The van der Waals surface area contributed by atoms with Crippen LogP contribution in [0.15, 0.2) is 18.2 Å². The first-order valence-corrected chi connectivity index (χ1v) is 4.49. The highest BCUT2D eigenvalue weighted by Gasteiger charge is 2.03. The van der Waals surface area contributed by atoms with Gasteiger partial charge in [-0.25, -0.2) is 0 Å². The molecule has 1 rings (SSSR count). The Kier molecular flexibility index (Phi) is 3.69. The number of rotatable bonds is 4. The average molecular weight is 205 g/mol. The first-order valence-electron chi connectivity index (χ1n) is 4.49. The summed E-state index contributed by atoms with van der Waals surface area (Å²) < 4.78 is 5.26. The van der Waals surface area contributed by atoms with Crippen LogP contribution in [0.5, 0.6) is 5.75 Å². The summed E-state index contributed by atoms with van der Waals surface area (Å²) in [5, 5.41) is 17.1. The third-order valence-electron chi connectivity index (χ3n) is 1.89. The SMILES string of the molecule is Cc1ccc(C#N)cc1OCCC(=O)O. The fraction of sp³-hybridized carbons (Fsp3) is 0.273. The van der Waals surface area contributed by atoms with E-state index in [4.69, 9.17) is 15.1 Å². The molecule has 1 N–H and O–H groups in total. The van der Waals surface area contributed by atoms with Crippen molar-refractivity contribution in [2.24, 2.45) is 0 Å². The second kappa shape index (κ2) is 5.01. The summed E-state index contributed by atoms with van der Waals surface area (Å²) in [6, 6.07) is 7.07. The Hall–Kier alpha value is -2.02. The number of ether oxygens (including phenoxy) is 1. The van der Waals surface area contributed by atoms with Crippen LogP contribution in [0.4, 0.5) is 0 Å². The molecule has 1 aromatic carbocycles. The Labute approximate surface area is 87.7 Å². The Balaban J connectivity index is 2.68. The number of nitrogens with zero attached hydrogens (tertiary/aromatic N) is 1. The molecule has 0 heterocycles. The smallest absolute Gasteiger partial charge is 0.306 e. The van der Waals surface area contributed by atoms with Crippen molar-refractivity contribution in [3.63, 3.8) is 0 Å². The van der Waals surface area contributed by atoms with Crippen molar-refractivity contribution in [1.82, 2.24) is 0 Å². The molecule has 0 atom stereocenters. The predicted molar refractivity (Wildman–Crippen MR) is 53.6 cm³/mol. The van der Waals surface area contributed by atoms with Gasteiger partial charge in [0.25, 0.3) is 0 Å². The van der Waals surface area contributed by atoms with Crippen molar-refractivity contribution >= 4 is 5.97 Å². The molecule has 4 nitrogen and oxygen atoms in total. The molecular formula is C11H11NO3. The van der Waals surface area contributed by atoms with E-state index in [1.165, 1.54) is 0 Å². The van der Waals surface area contributed by atoms with E-state index in [2.05, 4.69) is 0 Å². The molecule has 0 fully saturated rings. The molecule has 78 valence electrons. The molecule has 0 aromatic heterocycles. The maximum absolute atomic E-state index is 10.3. The van der Waals surface area contributed by atoms with Crippen LogP contribution in [0.3, 0.4) is 0 Å². The zero-order valence-corrected chi connectivity index (χ0v) is 8.36. The van der Waals surface area contributed by atoms with Gasteiger partial charge in [0.05, 0.1) is 24.7 Å². The third-order valence-corrected chi connectivity index (χ3v) is 1.89. The van der Waals surface area contributed by atoms with Gasteiger partial charge in [-0.1, -0.05) is 6.07 Å². The van der Waals surface area contributed by atoms with Crippen LogP contribution in [0, 0.1) is 18.3 Å². The number of aliphatic carboxylic acids is 1. The third kappa shape index (κ3) is 3.31. The van der Waals surface area contributed by atoms with Gasteiger partial charge < -0.3 is 9.84 Å².